The van der Waals surface area contributed by atoms with E-state index in [4.69, 9.17) is 0 Å². The number of hydrogen-bond acceptors (Lipinski definition) is 3. The van der Waals surface area contributed by atoms with Crippen LogP contribution < -0.4 is 11.2 Å². The zero-order valence-corrected chi connectivity index (χ0v) is 14.1. The quantitative estimate of drug-likeness (QED) is 0.726. The molecule has 6 nitrogen and oxygen atoms in total. The van der Waals surface area contributed by atoms with Crippen molar-refractivity contribution in [3.05, 3.63) is 62.6 Å². The number of benzene rings is 1. The van der Waals surface area contributed by atoms with Crippen molar-refractivity contribution in [3.63, 3.8) is 0 Å². The third-order valence-electron chi connectivity index (χ3n) is 3.87. The smallest absolute Gasteiger partial charge is 0.336 e. The Balaban J connectivity index is 2.33. The highest BCUT2D eigenvalue weighted by molar-refractivity contribution is 5.71. The molecule has 25 heavy (non-hydrogen) atoms. The first-order chi connectivity index (χ1) is 12.1. The van der Waals surface area contributed by atoms with Gasteiger partial charge >= 0.3 is 5.69 Å². The van der Waals surface area contributed by atoms with E-state index in [1.54, 1.807) is 13.8 Å². The Labute approximate surface area is 144 Å². The van der Waals surface area contributed by atoms with Crippen LogP contribution in [0.2, 0.25) is 0 Å². The van der Waals surface area contributed by atoms with Gasteiger partial charge in [0.25, 0.3) is 5.56 Å². The van der Waals surface area contributed by atoms with Gasteiger partial charge in [-0.1, -0.05) is 49.1 Å². The maximum absolute atomic E-state index is 12.6. The van der Waals surface area contributed by atoms with Crippen LogP contribution in [0.3, 0.4) is 0 Å². The molecule has 6 heteroatoms. The normalized spacial score (nSPS) is 11.3. The lowest BCUT2D eigenvalue weighted by Crippen LogP contribution is -2.37. The summed E-state index contributed by atoms with van der Waals surface area (Å²) in [5.41, 5.74) is 0.332. The van der Waals surface area contributed by atoms with Gasteiger partial charge in [-0.05, 0) is 19.4 Å². The first-order valence-electron chi connectivity index (χ1n) is 7.76. The van der Waals surface area contributed by atoms with Crippen LogP contribution in [-0.4, -0.2) is 19.1 Å². The summed E-state index contributed by atoms with van der Waals surface area (Å²) in [6.07, 6.45) is 0. The number of aromatic amines is 1. The van der Waals surface area contributed by atoms with E-state index in [2.05, 4.69) is 33.9 Å². The average molecular weight is 332 g/mol. The number of imidazole rings is 1. The minimum atomic E-state index is -0.619. The Kier molecular flexibility index (Phi) is 4.28. The molecule has 0 bridgehead atoms. The number of H-pyrrole nitrogens is 1. The second kappa shape index (κ2) is 6.54. The number of aromatic nitrogens is 4. The van der Waals surface area contributed by atoms with Crippen molar-refractivity contribution in [2.75, 3.05) is 0 Å². The van der Waals surface area contributed by atoms with E-state index in [-0.39, 0.29) is 17.1 Å². The Morgan fingerprint density at radius 3 is 2.32 bits per heavy atom. The molecule has 1 aromatic carbocycles. The molecule has 0 saturated heterocycles. The van der Waals surface area contributed by atoms with Crippen molar-refractivity contribution in [1.82, 2.24) is 19.1 Å². The highest BCUT2D eigenvalue weighted by atomic mass is 16.2. The van der Waals surface area contributed by atoms with Gasteiger partial charge in [-0.2, -0.15) is 9.13 Å². The van der Waals surface area contributed by atoms with E-state index in [1.165, 1.54) is 0 Å². The van der Waals surface area contributed by atoms with Crippen LogP contribution in [0.15, 0.2) is 39.9 Å². The van der Waals surface area contributed by atoms with Gasteiger partial charge in [0.2, 0.25) is 0 Å². The first kappa shape index (κ1) is 16.4. The molecule has 3 rings (SSSR count). The second-order valence-electron chi connectivity index (χ2n) is 5.44. The Morgan fingerprint density at radius 2 is 1.68 bits per heavy atom. The molecule has 0 saturated carbocycles. The fourth-order valence-electron chi connectivity index (χ4n) is 2.61. The summed E-state index contributed by atoms with van der Waals surface area (Å²) >= 11 is 0. The fourth-order valence-corrected chi connectivity index (χ4v) is 2.61. The van der Waals surface area contributed by atoms with Crippen LogP contribution in [-0.2, 0) is 0 Å². The molecule has 3 aromatic rings. The van der Waals surface area contributed by atoms with Gasteiger partial charge in [0.1, 0.15) is 5.82 Å². The highest BCUT2D eigenvalue weighted by Gasteiger charge is 2.19. The molecule has 0 aliphatic rings. The molecule has 0 aliphatic carbocycles. The Morgan fingerprint density at radius 1 is 1.04 bits per heavy atom. The number of rotatable bonds is 2. The average Bonchev–Trinajstić information content (AvgIpc) is 3.08. The van der Waals surface area contributed by atoms with Crippen LogP contribution in [0, 0.1) is 23.9 Å². The van der Waals surface area contributed by atoms with Gasteiger partial charge in [0.15, 0.2) is 11.2 Å². The van der Waals surface area contributed by atoms with Gasteiger partial charge < -0.3 is 4.98 Å². The number of nitrogens with one attached hydrogen (secondary N) is 1. The minimum absolute atomic E-state index is 0.0724. The Bertz CT molecular complexity index is 1180. The molecule has 1 unspecified atom stereocenters. The summed E-state index contributed by atoms with van der Waals surface area (Å²) < 4.78 is 2.00. The van der Waals surface area contributed by atoms with Gasteiger partial charge in [0, 0.05) is 18.0 Å². The van der Waals surface area contributed by atoms with Crippen molar-refractivity contribution in [2.24, 2.45) is 0 Å². The van der Waals surface area contributed by atoms with E-state index in [9.17, 15) is 9.59 Å². The van der Waals surface area contributed by atoms with Crippen LogP contribution in [0.5, 0.6) is 0 Å². The maximum atomic E-state index is 12.6. The largest absolute Gasteiger partial charge is 0.356 e. The van der Waals surface area contributed by atoms with Crippen LogP contribution in [0.1, 0.15) is 38.1 Å². The van der Waals surface area contributed by atoms with Crippen molar-refractivity contribution in [2.45, 2.75) is 26.7 Å². The zero-order valence-electron chi connectivity index (χ0n) is 14.1. The molecule has 2 aromatic heterocycles. The predicted octanol–water partition coefficient (Wildman–Crippen LogP) is 1.70. The monoisotopic (exact) mass is 332 g/mol. The number of hydrogen-bond donors (Lipinski definition) is 1. The predicted molar refractivity (Wildman–Crippen MR) is 96.3 cm³/mol. The lowest BCUT2D eigenvalue weighted by molar-refractivity contribution is 0.840. The molecule has 0 amide bonds. The summed E-state index contributed by atoms with van der Waals surface area (Å²) in [5.74, 6) is 5.76. The van der Waals surface area contributed by atoms with E-state index in [0.717, 1.165) is 14.7 Å². The minimum Gasteiger partial charge on any atom is -0.336 e. The second-order valence-corrected chi connectivity index (χ2v) is 5.44. The van der Waals surface area contributed by atoms with Crippen LogP contribution >= 0.6 is 0 Å². The Hall–Kier alpha value is -3.51. The van der Waals surface area contributed by atoms with Gasteiger partial charge in [-0.25, -0.2) is 9.78 Å². The summed E-state index contributed by atoms with van der Waals surface area (Å²) in [6, 6.07) is 15.0. The summed E-state index contributed by atoms with van der Waals surface area (Å²) in [7, 11) is 0. The molecular weight excluding hydrogens is 316 g/mol. The molecule has 2 heterocycles. The maximum Gasteiger partial charge on any atom is 0.356 e. The lowest BCUT2D eigenvalue weighted by atomic mass is 10.0. The van der Waals surface area contributed by atoms with Crippen molar-refractivity contribution in [1.29, 1.82) is 0 Å². The fraction of sp³-hybridized carbons (Fsp3) is 0.211. The summed E-state index contributed by atoms with van der Waals surface area (Å²) in [4.78, 5) is 32.6. The van der Waals surface area contributed by atoms with Gasteiger partial charge in [-0.3, -0.25) is 4.79 Å². The third-order valence-corrected chi connectivity index (χ3v) is 3.87. The number of fused-ring (bicyclic) bond motifs is 1. The van der Waals surface area contributed by atoms with E-state index >= 15 is 0 Å². The van der Waals surface area contributed by atoms with Crippen LogP contribution in [0.25, 0.3) is 11.2 Å². The molecule has 0 spiro atoms. The van der Waals surface area contributed by atoms with Crippen molar-refractivity contribution < 1.29 is 0 Å². The molecule has 0 radical (unpaired) electrons. The van der Waals surface area contributed by atoms with E-state index in [1.807, 2.05) is 37.3 Å². The SMILES string of the molecule is CC#Cn1c(=O)c2[nH]c(C(C)c3ccccc3)nc2n(C#CC)c1=O. The highest BCUT2D eigenvalue weighted by Crippen LogP contribution is 2.22. The van der Waals surface area contributed by atoms with Crippen LogP contribution in [0.4, 0.5) is 0 Å². The summed E-state index contributed by atoms with van der Waals surface area (Å²) in [6.45, 7) is 5.15. The molecule has 1 atom stereocenters. The van der Waals surface area contributed by atoms with E-state index in [0.29, 0.717) is 5.82 Å². The van der Waals surface area contributed by atoms with Crippen molar-refractivity contribution >= 4 is 11.2 Å². The topological polar surface area (TPSA) is 72.7 Å². The lowest BCUT2D eigenvalue weighted by Gasteiger charge is -2.07. The molecular formula is C19H16N4O2. The van der Waals surface area contributed by atoms with E-state index < -0.39 is 11.2 Å². The molecule has 1 N–H and O–H groups in total. The zero-order chi connectivity index (χ0) is 18.0. The first-order valence-corrected chi connectivity index (χ1v) is 7.76. The molecule has 124 valence electrons. The third kappa shape index (κ3) is 2.75. The number of nitrogens with zero attached hydrogens (tertiary/aromatic N) is 3. The summed E-state index contributed by atoms with van der Waals surface area (Å²) in [5, 5.41) is 0. The van der Waals surface area contributed by atoms with Crippen molar-refractivity contribution in [3.8, 4) is 23.9 Å². The molecule has 0 fully saturated rings. The van der Waals surface area contributed by atoms with Gasteiger partial charge in [-0.15, -0.1) is 0 Å². The molecule has 0 aliphatic heterocycles. The standard InChI is InChI=1S/C19H16N4O2/c1-4-11-22-17-15(18(24)23(12-5-2)19(22)25)20-16(21-17)13(3)14-9-7-6-8-10-14/h6-10,13H,1-3H3,(H,20,21). The van der Waals surface area contributed by atoms with Gasteiger partial charge in [0.05, 0.1) is 0 Å².